The number of aromatic amines is 1. The highest BCUT2D eigenvalue weighted by Gasteiger charge is 2.27. The van der Waals surface area contributed by atoms with Gasteiger partial charge in [0, 0.05) is 27.5 Å². The van der Waals surface area contributed by atoms with E-state index in [1.54, 1.807) is 50.3 Å². The molecule has 4 rings (SSSR count). The first-order valence-electron chi connectivity index (χ1n) is 10.2. The second-order valence-corrected chi connectivity index (χ2v) is 8.35. The standard InChI is InChI=1S/C24H21ClN4O4/c1-12-21(26-14(3)22(12)29(32)33)11-19-18-10-16(6-9-20(18)28-24(19)31)23(30)27-13(2)15-4-7-17(25)8-5-15/h4-11,13,26H,1-3H3,(H,27,30)(H,28,31)/b19-11-. The van der Waals surface area contributed by atoms with E-state index in [1.165, 1.54) is 0 Å². The molecule has 0 spiro atoms. The topological polar surface area (TPSA) is 117 Å². The van der Waals surface area contributed by atoms with E-state index < -0.39 is 4.92 Å². The Kier molecular flexibility index (Phi) is 5.78. The number of carbonyl (C=O) groups excluding carboxylic acids is 2. The lowest BCUT2D eigenvalue weighted by Crippen LogP contribution is -2.26. The lowest BCUT2D eigenvalue weighted by atomic mass is 10.0. The molecule has 1 aliphatic rings. The summed E-state index contributed by atoms with van der Waals surface area (Å²) in [5, 5.41) is 17.6. The smallest absolute Gasteiger partial charge is 0.293 e. The average Bonchev–Trinajstić information content (AvgIpc) is 3.23. The summed E-state index contributed by atoms with van der Waals surface area (Å²) in [6, 6.07) is 11.9. The van der Waals surface area contributed by atoms with Gasteiger partial charge in [-0.25, -0.2) is 0 Å². The first-order chi connectivity index (χ1) is 15.7. The number of fused-ring (bicyclic) bond motifs is 1. The number of H-pyrrole nitrogens is 1. The zero-order chi connectivity index (χ0) is 23.9. The van der Waals surface area contributed by atoms with E-state index in [-0.39, 0.29) is 23.5 Å². The molecule has 2 aromatic carbocycles. The molecule has 0 aliphatic carbocycles. The van der Waals surface area contributed by atoms with Crippen molar-refractivity contribution in [1.29, 1.82) is 0 Å². The van der Waals surface area contributed by atoms with Crippen molar-refractivity contribution in [2.75, 3.05) is 5.32 Å². The zero-order valence-corrected chi connectivity index (χ0v) is 18.9. The number of hydrogen-bond donors (Lipinski definition) is 3. The summed E-state index contributed by atoms with van der Waals surface area (Å²) in [6.07, 6.45) is 1.58. The number of nitrogens with zero attached hydrogens (tertiary/aromatic N) is 1. The highest BCUT2D eigenvalue weighted by Crippen LogP contribution is 2.36. The third-order valence-corrected chi connectivity index (χ3v) is 5.94. The Labute approximate surface area is 194 Å². The monoisotopic (exact) mass is 464 g/mol. The zero-order valence-electron chi connectivity index (χ0n) is 18.2. The van der Waals surface area contributed by atoms with Crippen LogP contribution in [0.25, 0.3) is 11.6 Å². The molecule has 1 aliphatic heterocycles. The number of hydrogen-bond acceptors (Lipinski definition) is 4. The molecule has 9 heteroatoms. The van der Waals surface area contributed by atoms with Gasteiger partial charge in [-0.1, -0.05) is 23.7 Å². The van der Waals surface area contributed by atoms with Crippen molar-refractivity contribution in [1.82, 2.24) is 10.3 Å². The number of aryl methyl sites for hydroxylation is 1. The largest absolute Gasteiger partial charge is 0.353 e. The molecule has 3 N–H and O–H groups in total. The van der Waals surface area contributed by atoms with Gasteiger partial charge in [-0.15, -0.1) is 0 Å². The Balaban J connectivity index is 1.64. The van der Waals surface area contributed by atoms with Crippen molar-refractivity contribution in [3.05, 3.63) is 91.2 Å². The summed E-state index contributed by atoms with van der Waals surface area (Å²) in [6.45, 7) is 5.11. The van der Waals surface area contributed by atoms with E-state index in [1.807, 2.05) is 19.1 Å². The summed E-state index contributed by atoms with van der Waals surface area (Å²) in [4.78, 5) is 39.3. The summed E-state index contributed by atoms with van der Waals surface area (Å²) in [7, 11) is 0. The summed E-state index contributed by atoms with van der Waals surface area (Å²) >= 11 is 5.93. The molecule has 1 aromatic heterocycles. The number of amides is 2. The fraction of sp³-hybridized carbons (Fsp3) is 0.167. The molecule has 3 aromatic rings. The third-order valence-electron chi connectivity index (χ3n) is 5.69. The van der Waals surface area contributed by atoms with Crippen molar-refractivity contribution in [3.8, 4) is 0 Å². The van der Waals surface area contributed by atoms with Crippen LogP contribution in [0.5, 0.6) is 0 Å². The molecule has 168 valence electrons. The van der Waals surface area contributed by atoms with Crippen LogP contribution < -0.4 is 10.6 Å². The molecular weight excluding hydrogens is 444 g/mol. The van der Waals surface area contributed by atoms with Crippen molar-refractivity contribution < 1.29 is 14.5 Å². The van der Waals surface area contributed by atoms with Crippen LogP contribution in [0.2, 0.25) is 5.02 Å². The molecule has 0 bridgehead atoms. The van der Waals surface area contributed by atoms with Gasteiger partial charge in [0.15, 0.2) is 0 Å². The quantitative estimate of drug-likeness (QED) is 0.274. The Morgan fingerprint density at radius 1 is 1.18 bits per heavy atom. The highest BCUT2D eigenvalue weighted by molar-refractivity contribution is 6.35. The van der Waals surface area contributed by atoms with Crippen LogP contribution in [0.4, 0.5) is 11.4 Å². The minimum Gasteiger partial charge on any atom is -0.353 e. The molecule has 2 amide bonds. The number of carbonyl (C=O) groups is 2. The number of rotatable bonds is 5. The van der Waals surface area contributed by atoms with Gasteiger partial charge >= 0.3 is 0 Å². The normalized spacial score (nSPS) is 14.7. The Hall–Kier alpha value is -3.91. The predicted octanol–water partition coefficient (Wildman–Crippen LogP) is 5.18. The fourth-order valence-corrected chi connectivity index (χ4v) is 4.04. The van der Waals surface area contributed by atoms with Crippen LogP contribution in [0.1, 0.15) is 51.4 Å². The van der Waals surface area contributed by atoms with Crippen LogP contribution in [0.15, 0.2) is 42.5 Å². The van der Waals surface area contributed by atoms with Gasteiger partial charge in [0.1, 0.15) is 0 Å². The van der Waals surface area contributed by atoms with E-state index in [9.17, 15) is 19.7 Å². The van der Waals surface area contributed by atoms with Gasteiger partial charge in [-0.2, -0.15) is 0 Å². The molecule has 1 unspecified atom stereocenters. The Bertz CT molecular complexity index is 1320. The van der Waals surface area contributed by atoms with E-state index in [4.69, 9.17) is 11.6 Å². The lowest BCUT2D eigenvalue weighted by Gasteiger charge is -2.15. The van der Waals surface area contributed by atoms with Crippen molar-refractivity contribution in [2.24, 2.45) is 0 Å². The number of nitro groups is 1. The predicted molar refractivity (Wildman–Crippen MR) is 127 cm³/mol. The molecular formula is C24H21ClN4O4. The molecule has 2 heterocycles. The Morgan fingerprint density at radius 3 is 2.52 bits per heavy atom. The van der Waals surface area contributed by atoms with Crippen LogP contribution in [-0.4, -0.2) is 21.7 Å². The highest BCUT2D eigenvalue weighted by atomic mass is 35.5. The molecule has 8 nitrogen and oxygen atoms in total. The number of anilines is 1. The van der Waals surface area contributed by atoms with E-state index in [0.29, 0.717) is 44.4 Å². The van der Waals surface area contributed by atoms with E-state index in [2.05, 4.69) is 15.6 Å². The molecule has 0 saturated carbocycles. The van der Waals surface area contributed by atoms with Crippen molar-refractivity contribution >= 4 is 46.4 Å². The lowest BCUT2D eigenvalue weighted by molar-refractivity contribution is -0.385. The number of halogens is 1. The number of aromatic nitrogens is 1. The van der Waals surface area contributed by atoms with Gasteiger partial charge in [-0.05, 0) is 62.7 Å². The summed E-state index contributed by atoms with van der Waals surface area (Å²) in [5.74, 6) is -0.632. The maximum absolute atomic E-state index is 12.9. The van der Waals surface area contributed by atoms with Crippen LogP contribution >= 0.6 is 11.6 Å². The second kappa shape index (κ2) is 8.55. The van der Waals surface area contributed by atoms with Gasteiger partial charge in [0.05, 0.1) is 27.8 Å². The minimum atomic E-state index is -0.448. The molecule has 0 fully saturated rings. The van der Waals surface area contributed by atoms with E-state index >= 15 is 0 Å². The first kappa shape index (κ1) is 22.3. The van der Waals surface area contributed by atoms with Crippen LogP contribution in [-0.2, 0) is 4.79 Å². The molecule has 0 radical (unpaired) electrons. The second-order valence-electron chi connectivity index (χ2n) is 7.91. The maximum Gasteiger partial charge on any atom is 0.293 e. The molecule has 1 atom stereocenters. The summed E-state index contributed by atoms with van der Waals surface area (Å²) < 4.78 is 0. The first-order valence-corrected chi connectivity index (χ1v) is 10.6. The van der Waals surface area contributed by atoms with Gasteiger partial charge < -0.3 is 15.6 Å². The number of nitrogens with one attached hydrogen (secondary N) is 3. The SMILES string of the molecule is Cc1[nH]c(/C=C2\C(=O)Nc3ccc(C(=O)NC(C)c4ccc(Cl)cc4)cc32)c(C)c1[N+](=O)[O-]. The third kappa shape index (κ3) is 4.25. The summed E-state index contributed by atoms with van der Waals surface area (Å²) in [5.41, 5.74) is 4.07. The number of benzene rings is 2. The van der Waals surface area contributed by atoms with Gasteiger partial charge in [0.25, 0.3) is 17.5 Å². The van der Waals surface area contributed by atoms with Gasteiger partial charge in [0.2, 0.25) is 0 Å². The molecule has 33 heavy (non-hydrogen) atoms. The van der Waals surface area contributed by atoms with Crippen molar-refractivity contribution in [3.63, 3.8) is 0 Å². The average molecular weight is 465 g/mol. The van der Waals surface area contributed by atoms with Crippen LogP contribution in [0.3, 0.4) is 0 Å². The van der Waals surface area contributed by atoms with Gasteiger partial charge in [-0.3, -0.25) is 19.7 Å². The fourth-order valence-electron chi connectivity index (χ4n) is 3.91. The maximum atomic E-state index is 12.9. The van der Waals surface area contributed by atoms with Crippen LogP contribution in [0, 0.1) is 24.0 Å². The van der Waals surface area contributed by atoms with Crippen molar-refractivity contribution in [2.45, 2.75) is 26.8 Å². The minimum absolute atomic E-state index is 0.00945. The Morgan fingerprint density at radius 2 is 1.88 bits per heavy atom. The van der Waals surface area contributed by atoms with E-state index in [0.717, 1.165) is 5.56 Å². The molecule has 0 saturated heterocycles.